The number of carbonyl (C=O) groups is 1. The second kappa shape index (κ2) is 7.58. The lowest BCUT2D eigenvalue weighted by atomic mass is 9.90. The summed E-state index contributed by atoms with van der Waals surface area (Å²) in [6.45, 7) is 3.40. The molecule has 0 atom stereocenters. The van der Waals surface area contributed by atoms with Crippen molar-refractivity contribution in [1.29, 1.82) is 0 Å². The van der Waals surface area contributed by atoms with E-state index in [4.69, 9.17) is 4.74 Å². The largest absolute Gasteiger partial charge is 0.401 e. The molecule has 0 unspecified atom stereocenters. The van der Waals surface area contributed by atoms with Gasteiger partial charge in [-0.2, -0.15) is 13.2 Å². The number of hydrogen-bond donors (Lipinski definition) is 2. The first-order chi connectivity index (χ1) is 8.16. The molecule has 0 heterocycles. The fraction of sp³-hybridized carbons (Fsp3) is 0.909. The molecule has 0 aliphatic rings. The van der Waals surface area contributed by atoms with Crippen molar-refractivity contribution >= 4 is 5.91 Å². The third-order valence-electron chi connectivity index (χ3n) is 2.36. The molecule has 0 radical (unpaired) electrons. The summed E-state index contributed by atoms with van der Waals surface area (Å²) in [7, 11) is 1.59. The molecule has 1 amide bonds. The molecule has 108 valence electrons. The zero-order valence-electron chi connectivity index (χ0n) is 11.0. The Morgan fingerprint density at radius 2 is 1.83 bits per heavy atom. The summed E-state index contributed by atoms with van der Waals surface area (Å²) >= 11 is 0. The average Bonchev–Trinajstić information content (AvgIpc) is 2.22. The van der Waals surface area contributed by atoms with Crippen LogP contribution in [0.5, 0.6) is 0 Å². The normalized spacial score (nSPS) is 12.6. The van der Waals surface area contributed by atoms with Crippen LogP contribution in [0.15, 0.2) is 0 Å². The maximum Gasteiger partial charge on any atom is 0.401 e. The summed E-state index contributed by atoms with van der Waals surface area (Å²) in [6.07, 6.45) is -3.53. The van der Waals surface area contributed by atoms with Gasteiger partial charge < -0.3 is 15.4 Å². The third kappa shape index (κ3) is 10.3. The van der Waals surface area contributed by atoms with Crippen LogP contribution in [0, 0.1) is 5.41 Å². The fourth-order valence-corrected chi connectivity index (χ4v) is 1.18. The molecule has 2 N–H and O–H groups in total. The first kappa shape index (κ1) is 17.2. The predicted molar refractivity (Wildman–Crippen MR) is 62.2 cm³/mol. The van der Waals surface area contributed by atoms with Gasteiger partial charge in [0.05, 0.1) is 13.1 Å². The highest BCUT2D eigenvalue weighted by Gasteiger charge is 2.26. The number of nitrogens with one attached hydrogen (secondary N) is 2. The van der Waals surface area contributed by atoms with Gasteiger partial charge in [-0.15, -0.1) is 0 Å². The Morgan fingerprint density at radius 3 is 2.33 bits per heavy atom. The Labute approximate surface area is 105 Å². The maximum absolute atomic E-state index is 11.8. The van der Waals surface area contributed by atoms with Crippen molar-refractivity contribution in [3.63, 3.8) is 0 Å². The standard InChI is InChI=1S/C11H21F3N2O2/c1-10(2,4-5-18-3)7-16-9(17)6-15-8-11(12,13)14/h15H,4-8H2,1-3H3,(H,16,17). The van der Waals surface area contributed by atoms with E-state index in [0.717, 1.165) is 6.42 Å². The first-order valence-corrected chi connectivity index (χ1v) is 5.69. The second-order valence-electron chi connectivity index (χ2n) is 4.90. The monoisotopic (exact) mass is 270 g/mol. The number of carbonyl (C=O) groups excluding carboxylic acids is 1. The van der Waals surface area contributed by atoms with Crippen molar-refractivity contribution in [2.75, 3.05) is 33.4 Å². The van der Waals surface area contributed by atoms with Crippen molar-refractivity contribution in [3.05, 3.63) is 0 Å². The Kier molecular flexibility index (Phi) is 7.23. The first-order valence-electron chi connectivity index (χ1n) is 5.69. The highest BCUT2D eigenvalue weighted by molar-refractivity contribution is 5.78. The van der Waals surface area contributed by atoms with Gasteiger partial charge in [-0.25, -0.2) is 0 Å². The van der Waals surface area contributed by atoms with Crippen LogP contribution in [0.2, 0.25) is 0 Å². The minimum atomic E-state index is -4.29. The minimum Gasteiger partial charge on any atom is -0.385 e. The molecule has 7 heteroatoms. The molecule has 0 bridgehead atoms. The topological polar surface area (TPSA) is 50.4 Å². The van der Waals surface area contributed by atoms with Crippen molar-refractivity contribution in [1.82, 2.24) is 10.6 Å². The predicted octanol–water partition coefficient (Wildman–Crippen LogP) is 1.32. The summed E-state index contributed by atoms with van der Waals surface area (Å²) in [5.74, 6) is -0.440. The van der Waals surface area contributed by atoms with E-state index in [1.54, 1.807) is 7.11 Å². The van der Waals surface area contributed by atoms with Gasteiger partial charge in [0.2, 0.25) is 5.91 Å². The van der Waals surface area contributed by atoms with Crippen molar-refractivity contribution in [3.8, 4) is 0 Å². The van der Waals surface area contributed by atoms with Gasteiger partial charge in [0.25, 0.3) is 0 Å². The van der Waals surface area contributed by atoms with Crippen molar-refractivity contribution < 1.29 is 22.7 Å². The van der Waals surface area contributed by atoms with E-state index < -0.39 is 18.6 Å². The van der Waals surface area contributed by atoms with Crippen LogP contribution in [0.3, 0.4) is 0 Å². The highest BCUT2D eigenvalue weighted by Crippen LogP contribution is 2.18. The molecule has 0 aromatic rings. The van der Waals surface area contributed by atoms with Crippen molar-refractivity contribution in [2.24, 2.45) is 5.41 Å². The van der Waals surface area contributed by atoms with Crippen LogP contribution in [0.4, 0.5) is 13.2 Å². The van der Waals surface area contributed by atoms with E-state index >= 15 is 0 Å². The lowest BCUT2D eigenvalue weighted by Crippen LogP contribution is -2.41. The second-order valence-corrected chi connectivity index (χ2v) is 4.90. The molecule has 4 nitrogen and oxygen atoms in total. The molecule has 0 spiro atoms. The molecular formula is C11H21F3N2O2. The number of rotatable bonds is 8. The third-order valence-corrected chi connectivity index (χ3v) is 2.36. The Morgan fingerprint density at radius 1 is 1.22 bits per heavy atom. The van der Waals surface area contributed by atoms with Crippen LogP contribution < -0.4 is 10.6 Å². The van der Waals surface area contributed by atoms with E-state index in [1.165, 1.54) is 0 Å². The molecule has 0 aromatic heterocycles. The smallest absolute Gasteiger partial charge is 0.385 e. The van der Waals surface area contributed by atoms with E-state index in [-0.39, 0.29) is 12.0 Å². The van der Waals surface area contributed by atoms with Gasteiger partial charge in [0.15, 0.2) is 0 Å². The van der Waals surface area contributed by atoms with Crippen LogP contribution in [0.1, 0.15) is 20.3 Å². The van der Waals surface area contributed by atoms with Crippen LogP contribution in [-0.2, 0) is 9.53 Å². The van der Waals surface area contributed by atoms with Gasteiger partial charge >= 0.3 is 6.18 Å². The number of methoxy groups -OCH3 is 1. The van der Waals surface area contributed by atoms with Crippen LogP contribution in [-0.4, -0.2) is 45.4 Å². The Hall–Kier alpha value is -0.820. The molecule has 0 fully saturated rings. The van der Waals surface area contributed by atoms with Crippen LogP contribution in [0.25, 0.3) is 0 Å². The fourth-order valence-electron chi connectivity index (χ4n) is 1.18. The number of amides is 1. The van der Waals surface area contributed by atoms with Gasteiger partial charge in [0, 0.05) is 20.3 Å². The number of alkyl halides is 3. The van der Waals surface area contributed by atoms with E-state index in [1.807, 2.05) is 19.2 Å². The molecule has 0 saturated heterocycles. The minimum absolute atomic E-state index is 0.143. The van der Waals surface area contributed by atoms with Gasteiger partial charge in [0.1, 0.15) is 0 Å². The van der Waals surface area contributed by atoms with Gasteiger partial charge in [-0.3, -0.25) is 4.79 Å². The average molecular weight is 270 g/mol. The molecule has 0 saturated carbocycles. The molecular weight excluding hydrogens is 249 g/mol. The molecule has 0 aromatic carbocycles. The quantitative estimate of drug-likeness (QED) is 0.699. The Balaban J connectivity index is 3.76. The van der Waals surface area contributed by atoms with Gasteiger partial charge in [-0.05, 0) is 11.8 Å². The van der Waals surface area contributed by atoms with Gasteiger partial charge in [-0.1, -0.05) is 13.8 Å². The zero-order valence-corrected chi connectivity index (χ0v) is 11.0. The molecule has 0 rings (SSSR count). The van der Waals surface area contributed by atoms with E-state index in [9.17, 15) is 18.0 Å². The summed E-state index contributed by atoms with van der Waals surface area (Å²) in [5.41, 5.74) is -0.143. The van der Waals surface area contributed by atoms with E-state index in [2.05, 4.69) is 5.32 Å². The lowest BCUT2D eigenvalue weighted by Gasteiger charge is -2.24. The molecule has 0 aliphatic heterocycles. The summed E-state index contributed by atoms with van der Waals surface area (Å²) in [4.78, 5) is 11.3. The maximum atomic E-state index is 11.8. The SMILES string of the molecule is COCCC(C)(C)CNC(=O)CNCC(F)(F)F. The number of hydrogen-bond acceptors (Lipinski definition) is 3. The molecule has 0 aliphatic carbocycles. The summed E-state index contributed by atoms with van der Waals surface area (Å²) in [5, 5.41) is 4.64. The summed E-state index contributed by atoms with van der Waals surface area (Å²) < 4.78 is 40.4. The summed E-state index contributed by atoms with van der Waals surface area (Å²) in [6, 6.07) is 0. The molecule has 18 heavy (non-hydrogen) atoms. The van der Waals surface area contributed by atoms with E-state index in [0.29, 0.717) is 13.2 Å². The number of halogens is 3. The Bertz CT molecular complexity index is 255. The van der Waals surface area contributed by atoms with Crippen LogP contribution >= 0.6 is 0 Å². The zero-order chi connectivity index (χ0) is 14.2. The van der Waals surface area contributed by atoms with Crippen molar-refractivity contribution in [2.45, 2.75) is 26.4 Å². The lowest BCUT2D eigenvalue weighted by molar-refractivity contribution is -0.128. The highest BCUT2D eigenvalue weighted by atomic mass is 19.4. The number of ether oxygens (including phenoxy) is 1.